The van der Waals surface area contributed by atoms with Gasteiger partial charge in [-0.15, -0.1) is 0 Å². The van der Waals surface area contributed by atoms with Gasteiger partial charge in [0, 0.05) is 19.8 Å². The van der Waals surface area contributed by atoms with Crippen LogP contribution in [0.25, 0.3) is 0 Å². The van der Waals surface area contributed by atoms with Gasteiger partial charge in [-0.25, -0.2) is 0 Å². The second-order valence-electron chi connectivity index (χ2n) is 4.05. The summed E-state index contributed by atoms with van der Waals surface area (Å²) < 4.78 is 28.7. The van der Waals surface area contributed by atoms with E-state index in [1.54, 1.807) is 36.4 Å². The summed E-state index contributed by atoms with van der Waals surface area (Å²) in [6.45, 7) is -0.450. The van der Waals surface area contributed by atoms with Crippen LogP contribution in [0.4, 0.5) is 14.5 Å². The average molecular weight is 394 g/mol. The quantitative estimate of drug-likeness (QED) is 0.709. The summed E-state index contributed by atoms with van der Waals surface area (Å²) in [6, 6.07) is 12.9. The minimum Gasteiger partial charge on any atom is -0.378 e. The molecule has 0 saturated heterocycles. The topological polar surface area (TPSA) is 12.0 Å². The number of anilines is 1. The first-order chi connectivity index (χ1) is 8.99. The molecule has 100 valence electrons. The molecule has 19 heavy (non-hydrogen) atoms. The van der Waals surface area contributed by atoms with Crippen LogP contribution in [0.3, 0.4) is 0 Å². The Morgan fingerprint density at radius 1 is 1.11 bits per heavy atom. The van der Waals surface area contributed by atoms with Gasteiger partial charge in [0.1, 0.15) is 0 Å². The van der Waals surface area contributed by atoms with E-state index in [-0.39, 0.29) is 5.56 Å². The zero-order valence-corrected chi connectivity index (χ0v) is 12.8. The molecule has 0 atom stereocenters. The second kappa shape index (κ2) is 6.05. The lowest BCUT2D eigenvalue weighted by Gasteiger charge is -2.18. The summed E-state index contributed by atoms with van der Waals surface area (Å²) in [5, 5.41) is 3.35. The highest BCUT2D eigenvalue weighted by Crippen LogP contribution is 2.29. The maximum Gasteiger partial charge on any atom is 0.290 e. The van der Waals surface area contributed by atoms with Crippen LogP contribution >= 0.6 is 34.2 Å². The van der Waals surface area contributed by atoms with Crippen LogP contribution in [0.15, 0.2) is 48.5 Å². The smallest absolute Gasteiger partial charge is 0.290 e. The van der Waals surface area contributed by atoms with Crippen LogP contribution < -0.4 is 5.32 Å². The standard InChI is InChI=1S/C14H11ClF2IN/c15-11-6-7-13(12(18)8-11)19-9-14(16,17)10-4-2-1-3-5-10/h1-8,19H,9H2. The Balaban J connectivity index is 2.09. The van der Waals surface area contributed by atoms with E-state index in [4.69, 9.17) is 11.6 Å². The van der Waals surface area contributed by atoms with Gasteiger partial charge in [0.15, 0.2) is 0 Å². The first-order valence-electron chi connectivity index (χ1n) is 5.61. The number of rotatable bonds is 4. The number of benzene rings is 2. The highest BCUT2D eigenvalue weighted by molar-refractivity contribution is 14.1. The molecule has 0 spiro atoms. The lowest BCUT2D eigenvalue weighted by Crippen LogP contribution is -2.24. The third-order valence-corrected chi connectivity index (χ3v) is 3.76. The van der Waals surface area contributed by atoms with Gasteiger partial charge in [0.2, 0.25) is 0 Å². The molecule has 0 aliphatic carbocycles. The predicted molar refractivity (Wildman–Crippen MR) is 83.0 cm³/mol. The van der Waals surface area contributed by atoms with Gasteiger partial charge >= 0.3 is 0 Å². The monoisotopic (exact) mass is 393 g/mol. The van der Waals surface area contributed by atoms with E-state index in [0.29, 0.717) is 10.7 Å². The Hall–Kier alpha value is -0.880. The van der Waals surface area contributed by atoms with Gasteiger partial charge in [0.05, 0.1) is 6.54 Å². The summed E-state index contributed by atoms with van der Waals surface area (Å²) >= 11 is 7.88. The molecule has 0 aliphatic rings. The zero-order valence-electron chi connectivity index (χ0n) is 9.84. The van der Waals surface area contributed by atoms with Gasteiger partial charge in [-0.3, -0.25) is 0 Å². The van der Waals surface area contributed by atoms with Crippen molar-refractivity contribution >= 4 is 39.9 Å². The molecule has 2 aromatic carbocycles. The van der Waals surface area contributed by atoms with Crippen molar-refractivity contribution in [3.05, 3.63) is 62.7 Å². The minimum atomic E-state index is -2.91. The second-order valence-corrected chi connectivity index (χ2v) is 5.65. The summed E-state index contributed by atoms with van der Waals surface area (Å²) in [6.07, 6.45) is 0. The molecule has 0 bridgehead atoms. The molecule has 0 fully saturated rings. The molecular weight excluding hydrogens is 383 g/mol. The molecule has 0 unspecified atom stereocenters. The molecule has 0 radical (unpaired) electrons. The molecule has 0 aliphatic heterocycles. The van der Waals surface area contributed by atoms with Crippen LogP contribution in [0.1, 0.15) is 5.56 Å². The first kappa shape index (κ1) is 14.5. The van der Waals surface area contributed by atoms with Crippen LogP contribution in [0.5, 0.6) is 0 Å². The molecule has 1 nitrogen and oxygen atoms in total. The molecule has 5 heteroatoms. The summed E-state index contributed by atoms with van der Waals surface area (Å²) in [5.74, 6) is -2.91. The van der Waals surface area contributed by atoms with Crippen LogP contribution in [0, 0.1) is 3.57 Å². The molecule has 0 heterocycles. The number of hydrogen-bond donors (Lipinski definition) is 1. The number of halogens is 4. The zero-order chi connectivity index (χ0) is 13.9. The molecular formula is C14H11ClF2IN. The van der Waals surface area contributed by atoms with Crippen molar-refractivity contribution < 1.29 is 8.78 Å². The minimum absolute atomic E-state index is 0.00599. The highest BCUT2D eigenvalue weighted by Gasteiger charge is 2.31. The van der Waals surface area contributed by atoms with E-state index in [1.165, 1.54) is 12.1 Å². The molecule has 2 rings (SSSR count). The Bertz CT molecular complexity index is 561. The summed E-state index contributed by atoms with van der Waals surface area (Å²) in [7, 11) is 0. The molecule has 0 amide bonds. The highest BCUT2D eigenvalue weighted by atomic mass is 127. The number of hydrogen-bond acceptors (Lipinski definition) is 1. The van der Waals surface area contributed by atoms with Crippen LogP contribution in [0.2, 0.25) is 5.02 Å². The maximum absolute atomic E-state index is 14.0. The van der Waals surface area contributed by atoms with Gasteiger partial charge in [0.25, 0.3) is 5.92 Å². The molecule has 0 aromatic heterocycles. The normalized spacial score (nSPS) is 11.4. The van der Waals surface area contributed by atoms with Gasteiger partial charge < -0.3 is 5.32 Å². The average Bonchev–Trinajstić information content (AvgIpc) is 2.39. The molecule has 0 saturated carbocycles. The van der Waals surface area contributed by atoms with E-state index in [9.17, 15) is 8.78 Å². The van der Waals surface area contributed by atoms with Crippen molar-refractivity contribution in [1.29, 1.82) is 0 Å². The molecule has 2 aromatic rings. The number of nitrogens with one attached hydrogen (secondary N) is 1. The van der Waals surface area contributed by atoms with E-state index in [2.05, 4.69) is 27.9 Å². The first-order valence-corrected chi connectivity index (χ1v) is 7.07. The fourth-order valence-corrected chi connectivity index (χ4v) is 2.69. The largest absolute Gasteiger partial charge is 0.378 e. The Kier molecular flexibility index (Phi) is 4.62. The fourth-order valence-electron chi connectivity index (χ4n) is 1.62. The Morgan fingerprint density at radius 2 is 1.79 bits per heavy atom. The molecule has 1 N–H and O–H groups in total. The fraction of sp³-hybridized carbons (Fsp3) is 0.143. The van der Waals surface area contributed by atoms with Crippen molar-refractivity contribution in [3.63, 3.8) is 0 Å². The van der Waals surface area contributed by atoms with E-state index in [1.807, 2.05) is 0 Å². The van der Waals surface area contributed by atoms with Crippen molar-refractivity contribution in [1.82, 2.24) is 0 Å². The van der Waals surface area contributed by atoms with E-state index in [0.717, 1.165) is 3.57 Å². The Labute approximate surface area is 129 Å². The summed E-state index contributed by atoms with van der Waals surface area (Å²) in [5.41, 5.74) is 0.659. The van der Waals surface area contributed by atoms with Crippen LogP contribution in [-0.4, -0.2) is 6.54 Å². The maximum atomic E-state index is 14.0. The SMILES string of the molecule is FC(F)(CNc1ccc(Cl)cc1I)c1ccccc1. The third kappa shape index (κ3) is 3.79. The predicted octanol–water partition coefficient (Wildman–Crippen LogP) is 5.15. The van der Waals surface area contributed by atoms with Crippen molar-refractivity contribution in [2.45, 2.75) is 5.92 Å². The van der Waals surface area contributed by atoms with E-state index < -0.39 is 12.5 Å². The van der Waals surface area contributed by atoms with Crippen molar-refractivity contribution in [2.24, 2.45) is 0 Å². The van der Waals surface area contributed by atoms with E-state index >= 15 is 0 Å². The summed E-state index contributed by atoms with van der Waals surface area (Å²) in [4.78, 5) is 0. The van der Waals surface area contributed by atoms with Crippen molar-refractivity contribution in [3.8, 4) is 0 Å². The van der Waals surface area contributed by atoms with Gasteiger partial charge in [-0.1, -0.05) is 41.9 Å². The van der Waals surface area contributed by atoms with Gasteiger partial charge in [-0.2, -0.15) is 8.78 Å². The van der Waals surface area contributed by atoms with Crippen molar-refractivity contribution in [2.75, 3.05) is 11.9 Å². The third-order valence-electron chi connectivity index (χ3n) is 2.63. The van der Waals surface area contributed by atoms with Gasteiger partial charge in [-0.05, 0) is 40.8 Å². The van der Waals surface area contributed by atoms with Crippen LogP contribution in [-0.2, 0) is 5.92 Å². The lowest BCUT2D eigenvalue weighted by molar-refractivity contribution is 0.0106. The number of alkyl halides is 2. The Morgan fingerprint density at radius 3 is 2.42 bits per heavy atom. The lowest BCUT2D eigenvalue weighted by atomic mass is 10.1.